The first kappa shape index (κ1) is 21.1. The predicted octanol–water partition coefficient (Wildman–Crippen LogP) is 7.21. The number of rotatable bonds is 5. The highest BCUT2D eigenvalue weighted by Crippen LogP contribution is 2.36. The number of esters is 1. The van der Waals surface area contributed by atoms with E-state index in [0.717, 1.165) is 37.9 Å². The van der Waals surface area contributed by atoms with Gasteiger partial charge in [-0.2, -0.15) is 8.78 Å². The van der Waals surface area contributed by atoms with Crippen molar-refractivity contribution in [3.05, 3.63) is 89.2 Å². The number of carbonyl (C=O) groups is 1. The first-order chi connectivity index (χ1) is 15.9. The second kappa shape index (κ2) is 7.99. The van der Waals surface area contributed by atoms with E-state index in [0.29, 0.717) is 6.42 Å². The van der Waals surface area contributed by atoms with Crippen LogP contribution in [0, 0.1) is 29.1 Å². The van der Waals surface area contributed by atoms with Crippen LogP contribution >= 0.6 is 0 Å². The fraction of sp³-hybridized carbons (Fsp3) is 0.115. The zero-order valence-electron chi connectivity index (χ0n) is 17.0. The van der Waals surface area contributed by atoms with Gasteiger partial charge in [0.2, 0.25) is 34.8 Å². The molecule has 0 radical (unpaired) electrons. The average molecular weight is 454 g/mol. The van der Waals surface area contributed by atoms with E-state index in [-0.39, 0.29) is 12.8 Å². The zero-order chi connectivity index (χ0) is 23.3. The first-order valence-electron chi connectivity index (χ1n) is 10.2. The quantitative estimate of drug-likeness (QED) is 0.0701. The third-order valence-electron chi connectivity index (χ3n) is 5.83. The van der Waals surface area contributed by atoms with E-state index in [9.17, 15) is 26.7 Å². The Kier molecular flexibility index (Phi) is 5.12. The summed E-state index contributed by atoms with van der Waals surface area (Å²) in [6.45, 7) is 0. The van der Waals surface area contributed by atoms with E-state index in [1.807, 2.05) is 42.5 Å². The molecule has 2 nitrogen and oxygen atoms in total. The fourth-order valence-electron chi connectivity index (χ4n) is 4.28. The summed E-state index contributed by atoms with van der Waals surface area (Å²) < 4.78 is 71.6. The van der Waals surface area contributed by atoms with Crippen LogP contribution in [0.5, 0.6) is 5.75 Å². The van der Waals surface area contributed by atoms with Gasteiger partial charge in [0.05, 0.1) is 0 Å². The molecule has 7 heteroatoms. The standard InChI is InChI=1S/C26H15F5O2/c27-21-22(28)24(30)26(25(31)23(21)29)33-18(32)6-2-3-13-7-8-16-10-9-14-4-1-5-15-11-12-17(13)20(16)19(14)15/h1,4-5,7-12H,2-3,6H2. The maximum atomic E-state index is 13.7. The summed E-state index contributed by atoms with van der Waals surface area (Å²) >= 11 is 0. The molecule has 0 saturated heterocycles. The highest BCUT2D eigenvalue weighted by molar-refractivity contribution is 6.23. The van der Waals surface area contributed by atoms with Crippen molar-refractivity contribution in [3.63, 3.8) is 0 Å². The number of hydrogen-bond donors (Lipinski definition) is 0. The lowest BCUT2D eigenvalue weighted by molar-refractivity contribution is -0.134. The van der Waals surface area contributed by atoms with Crippen molar-refractivity contribution in [1.82, 2.24) is 0 Å². The van der Waals surface area contributed by atoms with Gasteiger partial charge in [-0.1, -0.05) is 54.6 Å². The van der Waals surface area contributed by atoms with Crippen LogP contribution in [0.1, 0.15) is 18.4 Å². The summed E-state index contributed by atoms with van der Waals surface area (Å²) in [4.78, 5) is 12.1. The highest BCUT2D eigenvalue weighted by Gasteiger charge is 2.28. The van der Waals surface area contributed by atoms with Crippen molar-refractivity contribution >= 4 is 38.3 Å². The molecular formula is C26H15F5O2. The van der Waals surface area contributed by atoms with Crippen molar-refractivity contribution in [2.75, 3.05) is 0 Å². The molecule has 0 atom stereocenters. The van der Waals surface area contributed by atoms with Crippen LogP contribution in [0.3, 0.4) is 0 Å². The zero-order valence-corrected chi connectivity index (χ0v) is 17.0. The number of carbonyl (C=O) groups excluding carboxylic acids is 1. The Labute approximate surface area is 184 Å². The molecule has 0 aliphatic rings. The topological polar surface area (TPSA) is 26.3 Å². The molecule has 0 aliphatic heterocycles. The Bertz CT molecular complexity index is 1500. The molecule has 5 rings (SSSR count). The van der Waals surface area contributed by atoms with Crippen LogP contribution in [-0.2, 0) is 11.2 Å². The average Bonchev–Trinajstić information content (AvgIpc) is 2.83. The Balaban J connectivity index is 1.36. The van der Waals surface area contributed by atoms with Crippen molar-refractivity contribution in [2.24, 2.45) is 0 Å². The maximum Gasteiger partial charge on any atom is 0.311 e. The fourth-order valence-corrected chi connectivity index (χ4v) is 4.28. The molecule has 0 aromatic heterocycles. The van der Waals surface area contributed by atoms with Crippen LogP contribution in [0.2, 0.25) is 0 Å². The first-order valence-corrected chi connectivity index (χ1v) is 10.2. The number of benzene rings is 5. The van der Waals surface area contributed by atoms with Gasteiger partial charge in [-0.05, 0) is 50.7 Å². The van der Waals surface area contributed by atoms with Crippen molar-refractivity contribution in [1.29, 1.82) is 0 Å². The summed E-state index contributed by atoms with van der Waals surface area (Å²) in [6.07, 6.45) is 0.458. The molecule has 0 unspecified atom stereocenters. The van der Waals surface area contributed by atoms with Crippen LogP contribution in [0.25, 0.3) is 32.3 Å². The van der Waals surface area contributed by atoms with Crippen LogP contribution in [-0.4, -0.2) is 5.97 Å². The number of aryl methyl sites for hydroxylation is 1. The predicted molar refractivity (Wildman–Crippen MR) is 115 cm³/mol. The summed E-state index contributed by atoms with van der Waals surface area (Å²) in [6, 6.07) is 18.2. The molecule has 5 aromatic carbocycles. The molecule has 166 valence electrons. The molecule has 0 bridgehead atoms. The van der Waals surface area contributed by atoms with Crippen LogP contribution in [0.15, 0.2) is 54.6 Å². The second-order valence-electron chi connectivity index (χ2n) is 7.81. The van der Waals surface area contributed by atoms with Gasteiger partial charge >= 0.3 is 5.97 Å². The maximum absolute atomic E-state index is 13.7. The molecule has 0 amide bonds. The van der Waals surface area contributed by atoms with Gasteiger partial charge in [0, 0.05) is 6.42 Å². The second-order valence-corrected chi connectivity index (χ2v) is 7.81. The van der Waals surface area contributed by atoms with E-state index in [2.05, 4.69) is 16.9 Å². The highest BCUT2D eigenvalue weighted by atomic mass is 19.2. The van der Waals surface area contributed by atoms with Crippen LogP contribution < -0.4 is 4.74 Å². The van der Waals surface area contributed by atoms with E-state index in [1.54, 1.807) is 0 Å². The molecule has 0 N–H and O–H groups in total. The van der Waals surface area contributed by atoms with E-state index < -0.39 is 40.8 Å². The monoisotopic (exact) mass is 454 g/mol. The van der Waals surface area contributed by atoms with Gasteiger partial charge < -0.3 is 4.74 Å². The van der Waals surface area contributed by atoms with Crippen molar-refractivity contribution < 1.29 is 31.5 Å². The summed E-state index contributed by atoms with van der Waals surface area (Å²) in [5.41, 5.74) is 0.977. The Morgan fingerprint density at radius 3 is 1.88 bits per heavy atom. The number of hydrogen-bond acceptors (Lipinski definition) is 2. The molecule has 0 aliphatic carbocycles. The Hall–Kier alpha value is -3.74. The van der Waals surface area contributed by atoms with Gasteiger partial charge in [0.15, 0.2) is 0 Å². The number of halogens is 5. The van der Waals surface area contributed by atoms with E-state index in [1.165, 1.54) is 0 Å². The lowest BCUT2D eigenvalue weighted by Gasteiger charge is -2.14. The molecule has 5 aromatic rings. The minimum Gasteiger partial charge on any atom is -0.420 e. The third kappa shape index (κ3) is 3.44. The number of ether oxygens (including phenoxy) is 1. The van der Waals surface area contributed by atoms with Gasteiger partial charge in [0.25, 0.3) is 0 Å². The van der Waals surface area contributed by atoms with Gasteiger partial charge in [-0.15, -0.1) is 0 Å². The normalized spacial score (nSPS) is 11.7. The van der Waals surface area contributed by atoms with Crippen LogP contribution in [0.4, 0.5) is 22.0 Å². The SMILES string of the molecule is O=C(CCCc1ccc2ccc3cccc4ccc1c2c34)Oc1c(F)c(F)c(F)c(F)c1F. The van der Waals surface area contributed by atoms with E-state index >= 15 is 0 Å². The third-order valence-corrected chi connectivity index (χ3v) is 5.83. The van der Waals surface area contributed by atoms with E-state index in [4.69, 9.17) is 0 Å². The van der Waals surface area contributed by atoms with Gasteiger partial charge in [-0.3, -0.25) is 4.79 Å². The van der Waals surface area contributed by atoms with Gasteiger partial charge in [-0.25, -0.2) is 13.2 Å². The minimum atomic E-state index is -2.31. The lowest BCUT2D eigenvalue weighted by Crippen LogP contribution is -2.13. The summed E-state index contributed by atoms with van der Waals surface area (Å²) in [5.74, 6) is -13.7. The minimum absolute atomic E-state index is 0.262. The molecule has 0 heterocycles. The Morgan fingerprint density at radius 2 is 1.21 bits per heavy atom. The largest absolute Gasteiger partial charge is 0.420 e. The molecular weight excluding hydrogens is 439 g/mol. The lowest BCUT2D eigenvalue weighted by atomic mass is 9.90. The molecule has 0 spiro atoms. The summed E-state index contributed by atoms with van der Waals surface area (Å²) in [7, 11) is 0. The summed E-state index contributed by atoms with van der Waals surface area (Å²) in [5, 5.41) is 6.63. The molecule has 33 heavy (non-hydrogen) atoms. The molecule has 0 saturated carbocycles. The van der Waals surface area contributed by atoms with Crippen molar-refractivity contribution in [3.8, 4) is 5.75 Å². The molecule has 0 fully saturated rings. The smallest absolute Gasteiger partial charge is 0.311 e. The van der Waals surface area contributed by atoms with Gasteiger partial charge in [0.1, 0.15) is 0 Å². The Morgan fingerprint density at radius 1 is 0.667 bits per heavy atom. The van der Waals surface area contributed by atoms with Crippen molar-refractivity contribution in [2.45, 2.75) is 19.3 Å².